The molecule has 1 aromatic carbocycles. The molecule has 1 aliphatic carbocycles. The Morgan fingerprint density at radius 1 is 1.15 bits per heavy atom. The van der Waals surface area contributed by atoms with Crippen molar-refractivity contribution >= 4 is 0 Å². The number of aliphatic hydroxyl groups is 1. The van der Waals surface area contributed by atoms with Gasteiger partial charge in [-0.3, -0.25) is 0 Å². The van der Waals surface area contributed by atoms with E-state index >= 15 is 0 Å². The third-order valence-corrected chi connectivity index (χ3v) is 5.25. The lowest BCUT2D eigenvalue weighted by Gasteiger charge is -2.38. The monoisotopic (exact) mass is 273 g/mol. The average molecular weight is 273 g/mol. The van der Waals surface area contributed by atoms with Gasteiger partial charge in [-0.2, -0.15) is 0 Å². The first-order valence-corrected chi connectivity index (χ1v) is 8.26. The smallest absolute Gasteiger partial charge is 0.0920 e. The molecule has 1 aliphatic heterocycles. The molecule has 0 bridgehead atoms. The summed E-state index contributed by atoms with van der Waals surface area (Å²) >= 11 is 0. The van der Waals surface area contributed by atoms with Crippen LogP contribution in [-0.4, -0.2) is 29.6 Å². The van der Waals surface area contributed by atoms with Gasteiger partial charge in [0.1, 0.15) is 0 Å². The molecule has 1 saturated heterocycles. The fraction of sp³-hybridized carbons (Fsp3) is 0.667. The van der Waals surface area contributed by atoms with Crippen molar-refractivity contribution < 1.29 is 5.11 Å². The minimum absolute atomic E-state index is 0.595. The van der Waals surface area contributed by atoms with Gasteiger partial charge in [0.05, 0.1) is 5.60 Å². The van der Waals surface area contributed by atoms with Gasteiger partial charge in [0.2, 0.25) is 0 Å². The Bertz CT molecular complexity index is 427. The number of benzene rings is 1. The van der Waals surface area contributed by atoms with Crippen molar-refractivity contribution in [3.05, 3.63) is 35.4 Å². The number of hydrogen-bond acceptors (Lipinski definition) is 2. The van der Waals surface area contributed by atoms with Crippen LogP contribution in [-0.2, 0) is 5.60 Å². The molecule has 0 spiro atoms. The summed E-state index contributed by atoms with van der Waals surface area (Å²) in [5.74, 6) is 0.782. The summed E-state index contributed by atoms with van der Waals surface area (Å²) in [6.07, 6.45) is 7.01. The van der Waals surface area contributed by atoms with Gasteiger partial charge < -0.3 is 10.0 Å². The van der Waals surface area contributed by atoms with Crippen LogP contribution >= 0.6 is 0 Å². The SMILES string of the molecule is CCCN1CCC(O)(c2ccc(C3CCC3)cc2)CC1. The van der Waals surface area contributed by atoms with Crippen LogP contribution in [0.3, 0.4) is 0 Å². The minimum Gasteiger partial charge on any atom is -0.385 e. The lowest BCUT2D eigenvalue weighted by atomic mass is 9.78. The van der Waals surface area contributed by atoms with Gasteiger partial charge >= 0.3 is 0 Å². The van der Waals surface area contributed by atoms with Crippen LogP contribution in [0.4, 0.5) is 0 Å². The molecule has 2 nitrogen and oxygen atoms in total. The second-order valence-corrected chi connectivity index (χ2v) is 6.62. The third-order valence-electron chi connectivity index (χ3n) is 5.25. The zero-order chi connectivity index (χ0) is 14.0. The zero-order valence-corrected chi connectivity index (χ0v) is 12.6. The molecule has 1 saturated carbocycles. The van der Waals surface area contributed by atoms with Crippen LogP contribution in [0.2, 0.25) is 0 Å². The average Bonchev–Trinajstić information content (AvgIpc) is 2.41. The van der Waals surface area contributed by atoms with Crippen molar-refractivity contribution in [3.63, 3.8) is 0 Å². The maximum Gasteiger partial charge on any atom is 0.0920 e. The molecule has 0 aromatic heterocycles. The topological polar surface area (TPSA) is 23.5 Å². The Hall–Kier alpha value is -0.860. The van der Waals surface area contributed by atoms with E-state index in [9.17, 15) is 5.11 Å². The van der Waals surface area contributed by atoms with Gasteiger partial charge in [-0.25, -0.2) is 0 Å². The highest BCUT2D eigenvalue weighted by atomic mass is 16.3. The van der Waals surface area contributed by atoms with Crippen LogP contribution in [0.5, 0.6) is 0 Å². The molecule has 1 N–H and O–H groups in total. The van der Waals surface area contributed by atoms with Crippen molar-refractivity contribution in [2.75, 3.05) is 19.6 Å². The van der Waals surface area contributed by atoms with E-state index in [1.807, 2.05) is 0 Å². The van der Waals surface area contributed by atoms with Crippen LogP contribution < -0.4 is 0 Å². The van der Waals surface area contributed by atoms with Crippen molar-refractivity contribution in [1.29, 1.82) is 0 Å². The fourth-order valence-corrected chi connectivity index (χ4v) is 3.56. The van der Waals surface area contributed by atoms with Gasteiger partial charge in [-0.1, -0.05) is 37.6 Å². The summed E-state index contributed by atoms with van der Waals surface area (Å²) in [6.45, 7) is 5.43. The summed E-state index contributed by atoms with van der Waals surface area (Å²) in [5.41, 5.74) is 1.99. The zero-order valence-electron chi connectivity index (χ0n) is 12.6. The molecule has 2 fully saturated rings. The molecule has 110 valence electrons. The van der Waals surface area contributed by atoms with Crippen molar-refractivity contribution in [1.82, 2.24) is 4.90 Å². The van der Waals surface area contributed by atoms with Crippen LogP contribution in [0.15, 0.2) is 24.3 Å². The predicted molar refractivity (Wildman–Crippen MR) is 82.9 cm³/mol. The highest BCUT2D eigenvalue weighted by Crippen LogP contribution is 2.38. The minimum atomic E-state index is -0.595. The molecular weight excluding hydrogens is 246 g/mol. The van der Waals surface area contributed by atoms with Crippen molar-refractivity contribution in [3.8, 4) is 0 Å². The van der Waals surface area contributed by atoms with Gasteiger partial charge in [-0.15, -0.1) is 0 Å². The normalized spacial score (nSPS) is 23.5. The van der Waals surface area contributed by atoms with Gasteiger partial charge in [0.15, 0.2) is 0 Å². The van der Waals surface area contributed by atoms with E-state index in [0.717, 1.165) is 44.0 Å². The van der Waals surface area contributed by atoms with E-state index < -0.39 is 5.60 Å². The number of likely N-dealkylation sites (tertiary alicyclic amines) is 1. The van der Waals surface area contributed by atoms with Crippen LogP contribution in [0, 0.1) is 0 Å². The first kappa shape index (κ1) is 14.1. The summed E-state index contributed by atoms with van der Waals surface area (Å²) in [7, 11) is 0. The molecule has 0 unspecified atom stereocenters. The Morgan fingerprint density at radius 2 is 1.80 bits per heavy atom. The Morgan fingerprint density at radius 3 is 2.30 bits per heavy atom. The molecule has 0 atom stereocenters. The molecule has 20 heavy (non-hydrogen) atoms. The van der Waals surface area contributed by atoms with Crippen LogP contribution in [0.1, 0.15) is 62.5 Å². The number of piperidine rings is 1. The molecule has 2 heteroatoms. The highest BCUT2D eigenvalue weighted by Gasteiger charge is 2.33. The highest BCUT2D eigenvalue weighted by molar-refractivity contribution is 5.30. The summed E-state index contributed by atoms with van der Waals surface area (Å²) < 4.78 is 0. The van der Waals surface area contributed by atoms with E-state index in [1.54, 1.807) is 0 Å². The van der Waals surface area contributed by atoms with Gasteiger partial charge in [0.25, 0.3) is 0 Å². The molecule has 0 radical (unpaired) electrons. The van der Waals surface area contributed by atoms with E-state index in [2.05, 4.69) is 36.1 Å². The predicted octanol–water partition coefficient (Wildman–Crippen LogP) is 3.65. The standard InChI is InChI=1S/C18H27NO/c1-2-12-19-13-10-18(20,11-14-19)17-8-6-16(7-9-17)15-4-3-5-15/h6-9,15,20H,2-5,10-14H2,1H3. The molecule has 1 aromatic rings. The fourth-order valence-electron chi connectivity index (χ4n) is 3.56. The van der Waals surface area contributed by atoms with E-state index in [1.165, 1.54) is 31.2 Å². The van der Waals surface area contributed by atoms with E-state index in [4.69, 9.17) is 0 Å². The summed E-state index contributed by atoms with van der Waals surface area (Å²) in [4.78, 5) is 2.47. The number of nitrogens with zero attached hydrogens (tertiary/aromatic N) is 1. The maximum atomic E-state index is 10.9. The lowest BCUT2D eigenvalue weighted by Crippen LogP contribution is -2.42. The maximum absolute atomic E-state index is 10.9. The van der Waals surface area contributed by atoms with Gasteiger partial charge in [-0.05, 0) is 55.7 Å². The molecular formula is C18H27NO. The summed E-state index contributed by atoms with van der Waals surface area (Å²) in [5, 5.41) is 10.9. The second kappa shape index (κ2) is 5.87. The number of rotatable bonds is 4. The van der Waals surface area contributed by atoms with E-state index in [0.29, 0.717) is 0 Å². The van der Waals surface area contributed by atoms with E-state index in [-0.39, 0.29) is 0 Å². The molecule has 0 amide bonds. The quantitative estimate of drug-likeness (QED) is 0.905. The molecule has 1 heterocycles. The lowest BCUT2D eigenvalue weighted by molar-refractivity contribution is -0.0257. The Balaban J connectivity index is 1.65. The molecule has 2 aliphatic rings. The summed E-state index contributed by atoms with van der Waals surface area (Å²) in [6, 6.07) is 8.83. The van der Waals surface area contributed by atoms with Gasteiger partial charge in [0, 0.05) is 13.1 Å². The first-order valence-electron chi connectivity index (χ1n) is 8.26. The largest absolute Gasteiger partial charge is 0.385 e. The van der Waals surface area contributed by atoms with Crippen molar-refractivity contribution in [2.24, 2.45) is 0 Å². The second-order valence-electron chi connectivity index (χ2n) is 6.62. The third kappa shape index (κ3) is 2.77. The van der Waals surface area contributed by atoms with Crippen LogP contribution in [0.25, 0.3) is 0 Å². The Kier molecular flexibility index (Phi) is 4.13. The number of hydrogen-bond donors (Lipinski definition) is 1. The Labute approximate surface area is 122 Å². The first-order chi connectivity index (χ1) is 9.71. The molecule has 3 rings (SSSR count). The van der Waals surface area contributed by atoms with Crippen molar-refractivity contribution in [2.45, 2.75) is 57.0 Å².